The van der Waals surface area contributed by atoms with Crippen molar-refractivity contribution in [3.05, 3.63) is 29.8 Å². The first-order chi connectivity index (χ1) is 12.8. The molecule has 3 rings (SSSR count). The Balaban J connectivity index is 1.65. The van der Waals surface area contributed by atoms with E-state index in [0.29, 0.717) is 18.7 Å². The maximum Gasteiger partial charge on any atom is 0.331 e. The highest BCUT2D eigenvalue weighted by atomic mass is 32.2. The average Bonchev–Trinajstić information content (AvgIpc) is 3.12. The first-order valence-electron chi connectivity index (χ1n) is 9.05. The molecule has 27 heavy (non-hydrogen) atoms. The van der Waals surface area contributed by atoms with Crippen molar-refractivity contribution in [2.45, 2.75) is 42.5 Å². The van der Waals surface area contributed by atoms with Gasteiger partial charge in [-0.2, -0.15) is 4.31 Å². The zero-order valence-electron chi connectivity index (χ0n) is 15.0. The van der Waals surface area contributed by atoms with Crippen LogP contribution < -0.4 is 5.32 Å². The highest BCUT2D eigenvalue weighted by Crippen LogP contribution is 2.22. The third kappa shape index (κ3) is 4.31. The van der Waals surface area contributed by atoms with E-state index in [2.05, 4.69) is 5.32 Å². The molecule has 8 nitrogen and oxygen atoms in total. The van der Waals surface area contributed by atoms with Crippen LogP contribution in [0.2, 0.25) is 0 Å². The molecule has 2 aliphatic rings. The molecule has 1 aromatic carbocycles. The summed E-state index contributed by atoms with van der Waals surface area (Å²) in [5, 5.41) is 11.9. The van der Waals surface area contributed by atoms with Crippen LogP contribution in [-0.4, -0.2) is 61.5 Å². The highest BCUT2D eigenvalue weighted by Gasteiger charge is 2.43. The first kappa shape index (κ1) is 19.8. The van der Waals surface area contributed by atoms with E-state index in [9.17, 15) is 23.1 Å². The third-order valence-corrected chi connectivity index (χ3v) is 6.96. The summed E-state index contributed by atoms with van der Waals surface area (Å²) in [7, 11) is -3.51. The number of nitrogens with zero attached hydrogens (tertiary/aromatic N) is 1. The van der Waals surface area contributed by atoms with Gasteiger partial charge in [0.05, 0.1) is 17.9 Å². The number of benzene rings is 1. The molecule has 2 heterocycles. The van der Waals surface area contributed by atoms with Crippen LogP contribution in [0.15, 0.2) is 29.2 Å². The fraction of sp³-hybridized carbons (Fsp3) is 0.556. The van der Waals surface area contributed by atoms with E-state index in [4.69, 9.17) is 4.74 Å². The molecule has 0 radical (unpaired) electrons. The SMILES string of the molecule is O=C(Cc1ccc(S(=O)(=O)N2CCCCC2)cc1)NC1(C(=O)O)CCOC1. The summed E-state index contributed by atoms with van der Waals surface area (Å²) in [5.41, 5.74) is -0.765. The Hall–Kier alpha value is -1.97. The van der Waals surface area contributed by atoms with E-state index in [1.165, 1.54) is 16.4 Å². The maximum absolute atomic E-state index is 12.6. The highest BCUT2D eigenvalue weighted by molar-refractivity contribution is 7.89. The van der Waals surface area contributed by atoms with Crippen molar-refractivity contribution in [2.24, 2.45) is 0 Å². The lowest BCUT2D eigenvalue weighted by atomic mass is 9.98. The van der Waals surface area contributed by atoms with Gasteiger partial charge in [-0.05, 0) is 30.5 Å². The minimum Gasteiger partial charge on any atom is -0.479 e. The second-order valence-corrected chi connectivity index (χ2v) is 8.96. The van der Waals surface area contributed by atoms with E-state index < -0.39 is 27.4 Å². The number of aliphatic carboxylic acids is 1. The number of sulfonamides is 1. The van der Waals surface area contributed by atoms with Crippen LogP contribution in [0.4, 0.5) is 0 Å². The monoisotopic (exact) mass is 396 g/mol. The Morgan fingerprint density at radius 3 is 2.37 bits per heavy atom. The average molecular weight is 396 g/mol. The molecule has 0 aliphatic carbocycles. The van der Waals surface area contributed by atoms with Crippen molar-refractivity contribution in [1.29, 1.82) is 0 Å². The van der Waals surface area contributed by atoms with Crippen molar-refractivity contribution >= 4 is 21.9 Å². The van der Waals surface area contributed by atoms with E-state index in [-0.39, 0.29) is 31.0 Å². The number of rotatable bonds is 6. The van der Waals surface area contributed by atoms with Gasteiger partial charge in [0.25, 0.3) is 0 Å². The van der Waals surface area contributed by atoms with Gasteiger partial charge >= 0.3 is 5.97 Å². The molecule has 148 valence electrons. The molecule has 0 spiro atoms. The van der Waals surface area contributed by atoms with Gasteiger partial charge in [0.15, 0.2) is 5.54 Å². The number of carboxylic acid groups (broad SMARTS) is 1. The minimum atomic E-state index is -3.51. The lowest BCUT2D eigenvalue weighted by Crippen LogP contribution is -2.55. The first-order valence-corrected chi connectivity index (χ1v) is 10.5. The predicted octanol–water partition coefficient (Wildman–Crippen LogP) is 0.764. The van der Waals surface area contributed by atoms with E-state index >= 15 is 0 Å². The molecular weight excluding hydrogens is 372 g/mol. The summed E-state index contributed by atoms with van der Waals surface area (Å²) >= 11 is 0. The predicted molar refractivity (Wildman–Crippen MR) is 96.7 cm³/mol. The quantitative estimate of drug-likeness (QED) is 0.734. The Kier molecular flexibility index (Phi) is 5.83. The van der Waals surface area contributed by atoms with Crippen LogP contribution in [0, 0.1) is 0 Å². The fourth-order valence-electron chi connectivity index (χ4n) is 3.42. The smallest absolute Gasteiger partial charge is 0.331 e. The zero-order chi connectivity index (χ0) is 19.5. The van der Waals surface area contributed by atoms with Crippen molar-refractivity contribution in [1.82, 2.24) is 9.62 Å². The summed E-state index contributed by atoms with van der Waals surface area (Å²) in [6.45, 7) is 1.30. The summed E-state index contributed by atoms with van der Waals surface area (Å²) < 4.78 is 31.9. The van der Waals surface area contributed by atoms with Crippen molar-refractivity contribution < 1.29 is 27.9 Å². The number of ether oxygens (including phenoxy) is 1. The number of carbonyl (C=O) groups is 2. The number of piperidine rings is 1. The van der Waals surface area contributed by atoms with E-state index in [1.54, 1.807) is 12.1 Å². The molecule has 1 atom stereocenters. The molecule has 1 unspecified atom stereocenters. The maximum atomic E-state index is 12.6. The van der Waals surface area contributed by atoms with E-state index in [1.807, 2.05) is 0 Å². The number of amides is 1. The number of carboxylic acids is 1. The summed E-state index contributed by atoms with van der Waals surface area (Å²) in [4.78, 5) is 23.9. The lowest BCUT2D eigenvalue weighted by Gasteiger charge is -2.26. The summed E-state index contributed by atoms with van der Waals surface area (Å²) in [6.07, 6.45) is 2.97. The van der Waals surface area contributed by atoms with Crippen molar-refractivity contribution in [2.75, 3.05) is 26.3 Å². The lowest BCUT2D eigenvalue weighted by molar-refractivity contribution is -0.147. The van der Waals surface area contributed by atoms with E-state index in [0.717, 1.165) is 19.3 Å². The largest absolute Gasteiger partial charge is 0.479 e. The molecule has 2 fully saturated rings. The second kappa shape index (κ2) is 7.95. The van der Waals surface area contributed by atoms with Crippen LogP contribution in [0.5, 0.6) is 0 Å². The normalized spacial score (nSPS) is 23.9. The minimum absolute atomic E-state index is 0.0287. The Bertz CT molecular complexity index is 794. The van der Waals surface area contributed by atoms with Crippen LogP contribution in [0.3, 0.4) is 0 Å². The number of nitrogens with one attached hydrogen (secondary N) is 1. The Morgan fingerprint density at radius 2 is 1.81 bits per heavy atom. The van der Waals surface area contributed by atoms with Gasteiger partial charge < -0.3 is 15.2 Å². The number of hydrogen-bond acceptors (Lipinski definition) is 5. The van der Waals surface area contributed by atoms with Crippen LogP contribution in [0.25, 0.3) is 0 Å². The van der Waals surface area contributed by atoms with Gasteiger partial charge in [0.2, 0.25) is 15.9 Å². The molecule has 9 heteroatoms. The van der Waals surface area contributed by atoms with Crippen molar-refractivity contribution in [3.63, 3.8) is 0 Å². The van der Waals surface area contributed by atoms with Gasteiger partial charge in [0, 0.05) is 26.1 Å². The fourth-order valence-corrected chi connectivity index (χ4v) is 4.93. The van der Waals surface area contributed by atoms with Gasteiger partial charge in [-0.3, -0.25) is 4.79 Å². The summed E-state index contributed by atoms with van der Waals surface area (Å²) in [5.74, 6) is -1.55. The second-order valence-electron chi connectivity index (χ2n) is 7.02. The van der Waals surface area contributed by atoms with Gasteiger partial charge in [0.1, 0.15) is 0 Å². The van der Waals surface area contributed by atoms with Crippen LogP contribution >= 0.6 is 0 Å². The molecule has 1 aromatic rings. The van der Waals surface area contributed by atoms with Gasteiger partial charge in [-0.1, -0.05) is 18.6 Å². The molecule has 2 N–H and O–H groups in total. The molecular formula is C18H24N2O6S. The molecule has 1 amide bonds. The van der Waals surface area contributed by atoms with Crippen molar-refractivity contribution in [3.8, 4) is 0 Å². The molecule has 0 saturated carbocycles. The Labute approximate surface area is 158 Å². The van der Waals surface area contributed by atoms with Gasteiger partial charge in [-0.15, -0.1) is 0 Å². The standard InChI is InChI=1S/C18H24N2O6S/c21-16(19-18(17(22)23)8-11-26-13-18)12-14-4-6-15(7-5-14)27(24,25)20-9-2-1-3-10-20/h4-7H,1-3,8-13H2,(H,19,21)(H,22,23). The third-order valence-electron chi connectivity index (χ3n) is 5.05. The van der Waals surface area contributed by atoms with Crippen LogP contribution in [-0.2, 0) is 30.8 Å². The molecule has 2 saturated heterocycles. The van der Waals surface area contributed by atoms with Crippen LogP contribution in [0.1, 0.15) is 31.2 Å². The Morgan fingerprint density at radius 1 is 1.15 bits per heavy atom. The molecule has 0 aromatic heterocycles. The number of hydrogen-bond donors (Lipinski definition) is 2. The summed E-state index contributed by atoms with van der Waals surface area (Å²) in [6, 6.07) is 6.18. The zero-order valence-corrected chi connectivity index (χ0v) is 15.8. The van der Waals surface area contributed by atoms with Gasteiger partial charge in [-0.25, -0.2) is 13.2 Å². The molecule has 2 aliphatic heterocycles. The number of carbonyl (C=O) groups excluding carboxylic acids is 1. The molecule has 0 bridgehead atoms. The topological polar surface area (TPSA) is 113 Å².